The number of aryl methyl sites for hydroxylation is 1. The van der Waals surface area contributed by atoms with Crippen molar-refractivity contribution in [3.05, 3.63) is 30.5 Å². The molecular formula is C12H21NO. The van der Waals surface area contributed by atoms with Crippen LogP contribution in [0.1, 0.15) is 45.0 Å². The first-order valence-corrected chi connectivity index (χ1v) is 5.00. The van der Waals surface area contributed by atoms with Crippen LogP contribution in [0.2, 0.25) is 0 Å². The zero-order chi connectivity index (χ0) is 11.6. The van der Waals surface area contributed by atoms with Gasteiger partial charge in [0.1, 0.15) is 5.69 Å². The largest absolute Gasteiger partial charge is 0.441 e. The lowest BCUT2D eigenvalue weighted by Gasteiger charge is -1.81. The molecule has 0 N–H and O–H groups in total. The van der Waals surface area contributed by atoms with E-state index in [9.17, 15) is 0 Å². The van der Waals surface area contributed by atoms with Gasteiger partial charge in [-0.1, -0.05) is 40.9 Å². The van der Waals surface area contributed by atoms with Gasteiger partial charge in [-0.25, -0.2) is 4.98 Å². The fourth-order valence-corrected chi connectivity index (χ4v) is 0.751. The van der Waals surface area contributed by atoms with Crippen LogP contribution in [-0.2, 0) is 0 Å². The number of hydrogen-bond donors (Lipinski definition) is 0. The van der Waals surface area contributed by atoms with E-state index in [1.54, 1.807) is 19.1 Å². The SMILES string of the molecule is C=Cc1nc(C)oc1C=C.CC.CC. The number of rotatable bonds is 2. The first-order valence-electron chi connectivity index (χ1n) is 5.00. The lowest BCUT2D eigenvalue weighted by atomic mass is 10.3. The van der Waals surface area contributed by atoms with E-state index in [1.807, 2.05) is 27.7 Å². The van der Waals surface area contributed by atoms with Crippen LogP contribution in [0.5, 0.6) is 0 Å². The Morgan fingerprint density at radius 1 is 1.07 bits per heavy atom. The molecule has 0 aromatic carbocycles. The summed E-state index contributed by atoms with van der Waals surface area (Å²) in [5.41, 5.74) is 0.757. The van der Waals surface area contributed by atoms with Gasteiger partial charge in [0.25, 0.3) is 0 Å². The predicted octanol–water partition coefficient (Wildman–Crippen LogP) is 4.32. The molecule has 0 atom stereocenters. The Kier molecular flexibility index (Phi) is 10.6. The molecule has 1 heterocycles. The van der Waals surface area contributed by atoms with Crippen LogP contribution in [0, 0.1) is 6.92 Å². The minimum atomic E-state index is 0.643. The van der Waals surface area contributed by atoms with Gasteiger partial charge in [-0.05, 0) is 12.2 Å². The van der Waals surface area contributed by atoms with Crippen LogP contribution in [-0.4, -0.2) is 4.98 Å². The van der Waals surface area contributed by atoms with Crippen molar-refractivity contribution in [1.82, 2.24) is 4.98 Å². The number of oxazole rings is 1. The summed E-state index contributed by atoms with van der Waals surface area (Å²) >= 11 is 0. The molecule has 0 spiro atoms. The maximum absolute atomic E-state index is 5.15. The van der Waals surface area contributed by atoms with Crippen LogP contribution < -0.4 is 0 Å². The topological polar surface area (TPSA) is 26.0 Å². The molecule has 0 saturated heterocycles. The third-order valence-corrected chi connectivity index (χ3v) is 1.17. The molecule has 1 rings (SSSR count). The van der Waals surface area contributed by atoms with Crippen molar-refractivity contribution in [2.75, 3.05) is 0 Å². The van der Waals surface area contributed by atoms with Crippen LogP contribution in [0.15, 0.2) is 17.6 Å². The summed E-state index contributed by atoms with van der Waals surface area (Å²) in [7, 11) is 0. The highest BCUT2D eigenvalue weighted by Gasteiger charge is 2.01. The molecule has 0 amide bonds. The monoisotopic (exact) mass is 195 g/mol. The Labute approximate surface area is 87.4 Å². The molecule has 1 aromatic rings. The Hall–Kier alpha value is -1.31. The van der Waals surface area contributed by atoms with Gasteiger partial charge in [0, 0.05) is 6.92 Å². The normalized spacial score (nSPS) is 7.50. The second-order valence-electron chi connectivity index (χ2n) is 1.89. The Morgan fingerprint density at radius 3 is 1.86 bits per heavy atom. The van der Waals surface area contributed by atoms with E-state index in [4.69, 9.17) is 4.42 Å². The molecule has 0 bridgehead atoms. The second kappa shape index (κ2) is 9.78. The second-order valence-corrected chi connectivity index (χ2v) is 1.89. The van der Waals surface area contributed by atoms with E-state index >= 15 is 0 Å². The summed E-state index contributed by atoms with van der Waals surface area (Å²) in [5.74, 6) is 1.33. The first kappa shape index (κ1) is 15.2. The number of nitrogens with zero attached hydrogens (tertiary/aromatic N) is 1. The van der Waals surface area contributed by atoms with Crippen molar-refractivity contribution in [1.29, 1.82) is 0 Å². The zero-order valence-corrected chi connectivity index (χ0v) is 9.92. The highest BCUT2D eigenvalue weighted by atomic mass is 16.4. The third kappa shape index (κ3) is 4.65. The van der Waals surface area contributed by atoms with E-state index in [2.05, 4.69) is 18.1 Å². The van der Waals surface area contributed by atoms with E-state index in [0.717, 1.165) is 5.69 Å². The van der Waals surface area contributed by atoms with Gasteiger partial charge in [0.2, 0.25) is 0 Å². The third-order valence-electron chi connectivity index (χ3n) is 1.17. The van der Waals surface area contributed by atoms with Crippen molar-refractivity contribution in [2.45, 2.75) is 34.6 Å². The fourth-order valence-electron chi connectivity index (χ4n) is 0.751. The summed E-state index contributed by atoms with van der Waals surface area (Å²) in [5, 5.41) is 0. The van der Waals surface area contributed by atoms with Crippen molar-refractivity contribution >= 4 is 12.2 Å². The van der Waals surface area contributed by atoms with Gasteiger partial charge in [0.15, 0.2) is 11.7 Å². The maximum Gasteiger partial charge on any atom is 0.192 e. The first-order chi connectivity index (χ1) is 6.77. The molecule has 0 unspecified atom stereocenters. The average Bonchev–Trinajstić information content (AvgIpc) is 2.64. The van der Waals surface area contributed by atoms with Crippen molar-refractivity contribution < 1.29 is 4.42 Å². The molecule has 0 saturated carbocycles. The average molecular weight is 195 g/mol. The molecule has 0 fully saturated rings. The summed E-state index contributed by atoms with van der Waals surface area (Å²) in [6.45, 7) is 16.9. The molecular weight excluding hydrogens is 174 g/mol. The van der Waals surface area contributed by atoms with Gasteiger partial charge >= 0.3 is 0 Å². The number of aromatic nitrogens is 1. The van der Waals surface area contributed by atoms with Crippen molar-refractivity contribution in [3.8, 4) is 0 Å². The Morgan fingerprint density at radius 2 is 1.57 bits per heavy atom. The van der Waals surface area contributed by atoms with Gasteiger partial charge in [0.05, 0.1) is 0 Å². The van der Waals surface area contributed by atoms with Gasteiger partial charge in [-0.15, -0.1) is 0 Å². The maximum atomic E-state index is 5.15. The summed E-state index contributed by atoms with van der Waals surface area (Å²) < 4.78 is 5.15. The number of hydrogen-bond acceptors (Lipinski definition) is 2. The minimum absolute atomic E-state index is 0.643. The van der Waals surface area contributed by atoms with Crippen molar-refractivity contribution in [3.63, 3.8) is 0 Å². The predicted molar refractivity (Wildman–Crippen MR) is 64.1 cm³/mol. The minimum Gasteiger partial charge on any atom is -0.441 e. The van der Waals surface area contributed by atoms with Crippen molar-refractivity contribution in [2.24, 2.45) is 0 Å². The van der Waals surface area contributed by atoms with E-state index in [0.29, 0.717) is 11.7 Å². The van der Waals surface area contributed by atoms with Gasteiger partial charge in [-0.2, -0.15) is 0 Å². The quantitative estimate of drug-likeness (QED) is 0.702. The molecule has 0 aliphatic carbocycles. The smallest absolute Gasteiger partial charge is 0.192 e. The van der Waals surface area contributed by atoms with E-state index in [-0.39, 0.29) is 0 Å². The molecule has 80 valence electrons. The molecule has 14 heavy (non-hydrogen) atoms. The lowest BCUT2D eigenvalue weighted by molar-refractivity contribution is 0.513. The van der Waals surface area contributed by atoms with E-state index in [1.165, 1.54) is 0 Å². The van der Waals surface area contributed by atoms with Crippen LogP contribution in [0.4, 0.5) is 0 Å². The summed E-state index contributed by atoms with van der Waals surface area (Å²) in [6, 6.07) is 0. The molecule has 0 radical (unpaired) electrons. The molecule has 2 heteroatoms. The standard InChI is InChI=1S/C8H9NO.2C2H6/c1-4-7-8(5-2)10-6(3)9-7;2*1-2/h4-5H,1-2H2,3H3;2*1-2H3. The Bertz CT molecular complexity index is 236. The summed E-state index contributed by atoms with van der Waals surface area (Å²) in [4.78, 5) is 4.04. The van der Waals surface area contributed by atoms with Gasteiger partial charge < -0.3 is 4.42 Å². The van der Waals surface area contributed by atoms with Crippen LogP contribution in [0.25, 0.3) is 12.2 Å². The van der Waals surface area contributed by atoms with E-state index < -0.39 is 0 Å². The molecule has 0 aliphatic heterocycles. The molecule has 1 aromatic heterocycles. The highest BCUT2D eigenvalue weighted by Crippen LogP contribution is 2.11. The molecule has 0 aliphatic rings. The zero-order valence-electron chi connectivity index (χ0n) is 9.92. The highest BCUT2D eigenvalue weighted by molar-refractivity contribution is 5.55. The fraction of sp³-hybridized carbons (Fsp3) is 0.417. The molecule has 2 nitrogen and oxygen atoms in total. The summed E-state index contributed by atoms with van der Waals surface area (Å²) in [6.07, 6.45) is 3.27. The lowest BCUT2D eigenvalue weighted by Crippen LogP contribution is -1.72. The van der Waals surface area contributed by atoms with Crippen LogP contribution in [0.3, 0.4) is 0 Å². The van der Waals surface area contributed by atoms with Gasteiger partial charge in [-0.3, -0.25) is 0 Å². The van der Waals surface area contributed by atoms with Crippen LogP contribution >= 0.6 is 0 Å². The Balaban J connectivity index is 0.